The van der Waals surface area contributed by atoms with Crippen molar-refractivity contribution in [1.29, 1.82) is 0 Å². The first-order valence-corrected chi connectivity index (χ1v) is 9.73. The van der Waals surface area contributed by atoms with Crippen molar-refractivity contribution >= 4 is 34.1 Å². The lowest BCUT2D eigenvalue weighted by molar-refractivity contribution is -0.114. The number of hydrogen-bond acceptors (Lipinski definition) is 8. The molecule has 1 aromatic carbocycles. The van der Waals surface area contributed by atoms with Crippen LogP contribution >= 0.6 is 23.1 Å². The first-order chi connectivity index (χ1) is 12.5. The number of carbonyl (C=O) groups is 1. The number of nitrogens with one attached hydrogen (secondary N) is 1. The monoisotopic (exact) mass is 390 g/mol. The average Bonchev–Trinajstić information content (AvgIpc) is 3.22. The van der Waals surface area contributed by atoms with Gasteiger partial charge in [0.05, 0.1) is 5.69 Å². The number of amides is 1. The van der Waals surface area contributed by atoms with Crippen LogP contribution in [0.3, 0.4) is 0 Å². The fraction of sp³-hybridized carbons (Fsp3) is 0.294. The first kappa shape index (κ1) is 18.4. The molecule has 0 spiro atoms. The van der Waals surface area contributed by atoms with Crippen LogP contribution < -0.4 is 10.1 Å². The third-order valence-electron chi connectivity index (χ3n) is 3.32. The van der Waals surface area contributed by atoms with Crippen molar-refractivity contribution in [2.24, 2.45) is 0 Å². The van der Waals surface area contributed by atoms with Crippen molar-refractivity contribution < 1.29 is 13.9 Å². The van der Waals surface area contributed by atoms with E-state index < -0.39 is 0 Å². The third kappa shape index (κ3) is 5.06. The molecule has 0 radical (unpaired) electrons. The number of rotatable bonds is 7. The van der Waals surface area contributed by atoms with E-state index >= 15 is 0 Å². The Balaban J connectivity index is 1.52. The van der Waals surface area contributed by atoms with Crippen LogP contribution in [0.4, 0.5) is 5.13 Å². The number of anilines is 1. The SMILES string of the molecule is CC(=O)Nc1nc(CSc2nnc(COc3cc(C)ccc3C)o2)cs1. The van der Waals surface area contributed by atoms with Crippen LogP contribution in [0.15, 0.2) is 33.2 Å². The molecule has 2 heterocycles. The molecular weight excluding hydrogens is 372 g/mol. The molecule has 136 valence electrons. The van der Waals surface area contributed by atoms with E-state index in [4.69, 9.17) is 9.15 Å². The van der Waals surface area contributed by atoms with E-state index in [2.05, 4.69) is 20.5 Å². The van der Waals surface area contributed by atoms with Crippen molar-refractivity contribution in [2.75, 3.05) is 5.32 Å². The summed E-state index contributed by atoms with van der Waals surface area (Å²) in [5.74, 6) is 1.68. The molecule has 0 unspecified atom stereocenters. The summed E-state index contributed by atoms with van der Waals surface area (Å²) in [4.78, 5) is 15.3. The number of carbonyl (C=O) groups excluding carboxylic acids is 1. The highest BCUT2D eigenvalue weighted by molar-refractivity contribution is 7.98. The Morgan fingerprint density at radius 3 is 3.00 bits per heavy atom. The highest BCUT2D eigenvalue weighted by Crippen LogP contribution is 2.25. The van der Waals surface area contributed by atoms with E-state index in [1.165, 1.54) is 30.0 Å². The summed E-state index contributed by atoms with van der Waals surface area (Å²) in [6, 6.07) is 6.04. The fourth-order valence-corrected chi connectivity index (χ4v) is 3.61. The van der Waals surface area contributed by atoms with Gasteiger partial charge in [0.2, 0.25) is 5.91 Å². The summed E-state index contributed by atoms with van der Waals surface area (Å²) in [5, 5.41) is 13.6. The Morgan fingerprint density at radius 2 is 2.19 bits per heavy atom. The van der Waals surface area contributed by atoms with Gasteiger partial charge in [0.1, 0.15) is 5.75 Å². The van der Waals surface area contributed by atoms with Gasteiger partial charge in [-0.1, -0.05) is 23.9 Å². The van der Waals surface area contributed by atoms with Gasteiger partial charge in [-0.2, -0.15) is 0 Å². The summed E-state index contributed by atoms with van der Waals surface area (Å²) < 4.78 is 11.4. The molecule has 26 heavy (non-hydrogen) atoms. The molecule has 9 heteroatoms. The van der Waals surface area contributed by atoms with Crippen LogP contribution in [-0.4, -0.2) is 21.1 Å². The first-order valence-electron chi connectivity index (χ1n) is 7.87. The van der Waals surface area contributed by atoms with Crippen molar-refractivity contribution in [2.45, 2.75) is 38.4 Å². The van der Waals surface area contributed by atoms with E-state index in [1.54, 1.807) is 0 Å². The zero-order chi connectivity index (χ0) is 18.5. The van der Waals surface area contributed by atoms with Crippen molar-refractivity contribution in [3.05, 3.63) is 46.3 Å². The highest BCUT2D eigenvalue weighted by Gasteiger charge is 2.10. The molecule has 0 atom stereocenters. The summed E-state index contributed by atoms with van der Waals surface area (Å²) in [5.41, 5.74) is 3.03. The smallest absolute Gasteiger partial charge is 0.277 e. The molecule has 2 aromatic heterocycles. The van der Waals surface area contributed by atoms with E-state index in [-0.39, 0.29) is 12.5 Å². The van der Waals surface area contributed by atoms with Crippen molar-refractivity contribution in [3.8, 4) is 5.75 Å². The number of thiazole rings is 1. The Bertz CT molecular complexity index is 907. The van der Waals surface area contributed by atoms with Crippen LogP contribution in [0.1, 0.15) is 29.6 Å². The topological polar surface area (TPSA) is 90.1 Å². The molecule has 0 fully saturated rings. The standard InChI is InChI=1S/C17H18N4O3S2/c1-10-4-5-11(2)14(6-10)23-7-15-20-21-17(24-15)26-9-13-8-25-16(19-13)18-12(3)22/h4-6,8H,7,9H2,1-3H3,(H,18,19,22). The maximum atomic E-state index is 11.0. The van der Waals surface area contributed by atoms with E-state index in [1.807, 2.05) is 37.4 Å². The number of hydrogen-bond donors (Lipinski definition) is 1. The summed E-state index contributed by atoms with van der Waals surface area (Å²) >= 11 is 2.77. The summed E-state index contributed by atoms with van der Waals surface area (Å²) in [6.45, 7) is 5.69. The van der Waals surface area contributed by atoms with Crippen molar-refractivity contribution in [1.82, 2.24) is 15.2 Å². The highest BCUT2D eigenvalue weighted by atomic mass is 32.2. The Hall–Kier alpha value is -2.39. The zero-order valence-corrected chi connectivity index (χ0v) is 16.2. The molecule has 0 aliphatic rings. The average molecular weight is 390 g/mol. The van der Waals surface area contributed by atoms with Gasteiger partial charge in [0.15, 0.2) is 11.7 Å². The molecule has 0 aliphatic heterocycles. The second-order valence-corrected chi connectivity index (χ2v) is 7.42. The Morgan fingerprint density at radius 1 is 1.35 bits per heavy atom. The maximum Gasteiger partial charge on any atom is 0.277 e. The molecule has 0 aliphatic carbocycles. The van der Waals surface area contributed by atoms with Gasteiger partial charge >= 0.3 is 0 Å². The van der Waals surface area contributed by atoms with Gasteiger partial charge in [-0.3, -0.25) is 4.79 Å². The Labute approximate surface area is 159 Å². The number of aromatic nitrogens is 3. The summed E-state index contributed by atoms with van der Waals surface area (Å²) in [6.07, 6.45) is 0. The Kier molecular flexibility index (Phi) is 5.89. The quantitative estimate of drug-likeness (QED) is 0.610. The molecular formula is C17H18N4O3S2. The lowest BCUT2D eigenvalue weighted by atomic mass is 10.1. The van der Waals surface area contributed by atoms with Crippen LogP contribution in [0, 0.1) is 13.8 Å². The number of nitrogens with zero attached hydrogens (tertiary/aromatic N) is 3. The molecule has 0 saturated heterocycles. The van der Waals surface area contributed by atoms with Gasteiger partial charge < -0.3 is 14.5 Å². The zero-order valence-electron chi connectivity index (χ0n) is 14.6. The molecule has 0 bridgehead atoms. The normalized spacial score (nSPS) is 10.7. The van der Waals surface area contributed by atoms with Crippen LogP contribution in [0.5, 0.6) is 5.75 Å². The minimum Gasteiger partial charge on any atom is -0.484 e. The molecule has 0 saturated carbocycles. The van der Waals surface area contributed by atoms with Crippen molar-refractivity contribution in [3.63, 3.8) is 0 Å². The maximum absolute atomic E-state index is 11.0. The molecule has 3 rings (SSSR count). The van der Waals surface area contributed by atoms with Crippen LogP contribution in [-0.2, 0) is 17.2 Å². The molecule has 3 aromatic rings. The number of aryl methyl sites for hydroxylation is 2. The predicted octanol–water partition coefficient (Wildman–Crippen LogP) is 3.97. The van der Waals surface area contributed by atoms with Gasteiger partial charge in [0.25, 0.3) is 11.1 Å². The molecule has 1 amide bonds. The van der Waals surface area contributed by atoms with Gasteiger partial charge in [-0.25, -0.2) is 4.98 Å². The van der Waals surface area contributed by atoms with Crippen LogP contribution in [0.2, 0.25) is 0 Å². The second-order valence-electron chi connectivity index (χ2n) is 5.63. The van der Waals surface area contributed by atoms with E-state index in [0.717, 1.165) is 22.6 Å². The van der Waals surface area contributed by atoms with E-state index in [9.17, 15) is 4.79 Å². The van der Waals surface area contributed by atoms with E-state index in [0.29, 0.717) is 22.0 Å². The largest absolute Gasteiger partial charge is 0.484 e. The second kappa shape index (κ2) is 8.33. The third-order valence-corrected chi connectivity index (χ3v) is 4.98. The predicted molar refractivity (Wildman–Crippen MR) is 101 cm³/mol. The number of thioether (sulfide) groups is 1. The minimum absolute atomic E-state index is 0.135. The minimum atomic E-state index is -0.135. The lowest BCUT2D eigenvalue weighted by Crippen LogP contribution is -2.05. The van der Waals surface area contributed by atoms with Gasteiger partial charge in [-0.15, -0.1) is 21.5 Å². The molecule has 7 nitrogen and oxygen atoms in total. The van der Waals surface area contributed by atoms with Gasteiger partial charge in [0, 0.05) is 18.1 Å². The lowest BCUT2D eigenvalue weighted by Gasteiger charge is -2.07. The number of benzene rings is 1. The number of ether oxygens (including phenoxy) is 1. The molecule has 1 N–H and O–H groups in total. The van der Waals surface area contributed by atoms with Gasteiger partial charge in [-0.05, 0) is 31.0 Å². The fourth-order valence-electron chi connectivity index (χ4n) is 2.07. The van der Waals surface area contributed by atoms with Crippen LogP contribution in [0.25, 0.3) is 0 Å². The summed E-state index contributed by atoms with van der Waals surface area (Å²) in [7, 11) is 0.